The molecule has 2 aromatic carbocycles. The van der Waals surface area contributed by atoms with Crippen LogP contribution in [0.4, 0.5) is 27.5 Å². The molecule has 0 amide bonds. The Morgan fingerprint density at radius 2 is 1.82 bits per heavy atom. The summed E-state index contributed by atoms with van der Waals surface area (Å²) in [6.07, 6.45) is 8.70. The van der Waals surface area contributed by atoms with Crippen molar-refractivity contribution in [3.05, 3.63) is 58.5 Å². The maximum absolute atomic E-state index is 14.4. The van der Waals surface area contributed by atoms with Crippen molar-refractivity contribution in [2.75, 3.05) is 44.2 Å². The Morgan fingerprint density at radius 3 is 2.53 bits per heavy atom. The Kier molecular flexibility index (Phi) is 7.94. The Labute approximate surface area is 228 Å². The van der Waals surface area contributed by atoms with Crippen LogP contribution in [0.1, 0.15) is 36.8 Å². The third-order valence-corrected chi connectivity index (χ3v) is 9.23. The molecule has 7 nitrogen and oxygen atoms in total. The van der Waals surface area contributed by atoms with E-state index in [9.17, 15) is 8.96 Å². The first kappa shape index (κ1) is 26.9. The van der Waals surface area contributed by atoms with Gasteiger partial charge in [-0.3, -0.25) is 0 Å². The van der Waals surface area contributed by atoms with E-state index in [4.69, 9.17) is 16.3 Å². The standard InChI is InChI=1S/C28H34ClFN5O2P/c1-37-25-23(30)12-13-24(26(25)38(2,3)36)33-27-22(29)17-31-28(34-27)32-20-9-6-18-7-10-21(11-8-19(18)16-20)35-14-4-5-15-35/h6,9,12-13,16-17,21H,4-5,7-8,10-11,14-15H2,1-3H3,(H2,31,32,33,34)/t21-/m0/s1. The monoisotopic (exact) mass is 557 g/mol. The van der Waals surface area contributed by atoms with E-state index in [0.717, 1.165) is 18.5 Å². The van der Waals surface area contributed by atoms with Gasteiger partial charge in [0.1, 0.15) is 12.2 Å². The Bertz CT molecular complexity index is 1380. The summed E-state index contributed by atoms with van der Waals surface area (Å²) in [4.78, 5) is 11.6. The summed E-state index contributed by atoms with van der Waals surface area (Å²) in [6, 6.07) is 9.91. The van der Waals surface area contributed by atoms with E-state index in [1.807, 2.05) is 0 Å². The Balaban J connectivity index is 1.36. The lowest BCUT2D eigenvalue weighted by molar-refractivity contribution is 0.222. The van der Waals surface area contributed by atoms with E-state index < -0.39 is 13.0 Å². The van der Waals surface area contributed by atoms with Gasteiger partial charge in [-0.15, -0.1) is 0 Å². The lowest BCUT2D eigenvalue weighted by atomic mass is 10.0. The molecule has 1 aliphatic carbocycles. The zero-order valence-electron chi connectivity index (χ0n) is 22.1. The van der Waals surface area contributed by atoms with Gasteiger partial charge in [0.2, 0.25) is 5.95 Å². The number of fused-ring (bicyclic) bond motifs is 1. The van der Waals surface area contributed by atoms with Crippen molar-refractivity contribution < 1.29 is 13.7 Å². The van der Waals surface area contributed by atoms with Gasteiger partial charge in [-0.05, 0) is 100 Å². The molecule has 1 fully saturated rings. The fourth-order valence-electron chi connectivity index (χ4n) is 5.59. The summed E-state index contributed by atoms with van der Waals surface area (Å²) >= 11 is 6.41. The van der Waals surface area contributed by atoms with Crippen molar-refractivity contribution in [2.24, 2.45) is 0 Å². The van der Waals surface area contributed by atoms with Crippen LogP contribution >= 0.6 is 18.7 Å². The zero-order valence-corrected chi connectivity index (χ0v) is 23.7. The van der Waals surface area contributed by atoms with Crippen LogP contribution < -0.4 is 20.7 Å². The molecular formula is C28H34ClFN5O2P. The predicted molar refractivity (Wildman–Crippen MR) is 153 cm³/mol. The second-order valence-electron chi connectivity index (χ2n) is 10.4. The molecule has 0 unspecified atom stereocenters. The molecule has 0 radical (unpaired) electrons. The molecule has 1 saturated heterocycles. The molecule has 3 aromatic rings. The number of likely N-dealkylation sites (tertiary alicyclic amines) is 1. The minimum absolute atomic E-state index is 0.0520. The molecule has 2 heterocycles. The first-order valence-corrected chi connectivity index (χ1v) is 16.1. The summed E-state index contributed by atoms with van der Waals surface area (Å²) < 4.78 is 32.6. The fraction of sp³-hybridized carbons (Fsp3) is 0.429. The highest BCUT2D eigenvalue weighted by Gasteiger charge is 2.26. The molecule has 1 aliphatic heterocycles. The summed E-state index contributed by atoms with van der Waals surface area (Å²) in [6.45, 7) is 5.60. The highest BCUT2D eigenvalue weighted by molar-refractivity contribution is 7.70. The maximum Gasteiger partial charge on any atom is 0.229 e. The lowest BCUT2D eigenvalue weighted by Crippen LogP contribution is -2.32. The van der Waals surface area contributed by atoms with Crippen molar-refractivity contribution in [1.82, 2.24) is 14.9 Å². The van der Waals surface area contributed by atoms with Gasteiger partial charge in [0.05, 0.1) is 24.3 Å². The summed E-state index contributed by atoms with van der Waals surface area (Å²) in [5.41, 5.74) is 4.11. The number of hydrogen-bond donors (Lipinski definition) is 2. The van der Waals surface area contributed by atoms with Crippen LogP contribution in [0.25, 0.3) is 0 Å². The zero-order chi connectivity index (χ0) is 26.9. The van der Waals surface area contributed by atoms with Crippen molar-refractivity contribution in [1.29, 1.82) is 0 Å². The van der Waals surface area contributed by atoms with E-state index in [2.05, 4.69) is 43.7 Å². The number of halogens is 2. The average molecular weight is 558 g/mol. The first-order chi connectivity index (χ1) is 18.2. The molecule has 0 spiro atoms. The molecule has 2 aliphatic rings. The normalized spacial score (nSPS) is 18.1. The SMILES string of the molecule is COc1c(F)ccc(Nc2nc(Nc3ccc4c(c3)CC[C@@H](N3CCCC3)CC4)ncc2Cl)c1P(C)(C)=O. The Morgan fingerprint density at radius 1 is 1.08 bits per heavy atom. The van der Waals surface area contributed by atoms with Gasteiger partial charge in [0.25, 0.3) is 0 Å². The van der Waals surface area contributed by atoms with Crippen LogP contribution in [0, 0.1) is 5.82 Å². The number of aryl methyl sites for hydroxylation is 2. The number of anilines is 4. The number of nitrogens with zero attached hydrogens (tertiary/aromatic N) is 3. The van der Waals surface area contributed by atoms with Crippen molar-refractivity contribution in [2.45, 2.75) is 44.6 Å². The van der Waals surface area contributed by atoms with Gasteiger partial charge in [0.15, 0.2) is 17.4 Å². The van der Waals surface area contributed by atoms with E-state index >= 15 is 0 Å². The van der Waals surface area contributed by atoms with E-state index in [1.54, 1.807) is 13.3 Å². The molecule has 202 valence electrons. The number of ether oxygens (including phenoxy) is 1. The smallest absolute Gasteiger partial charge is 0.229 e. The molecule has 2 N–H and O–H groups in total. The molecule has 5 rings (SSSR count). The topological polar surface area (TPSA) is 79.4 Å². The molecule has 10 heteroatoms. The van der Waals surface area contributed by atoms with E-state index in [-0.39, 0.29) is 16.1 Å². The minimum atomic E-state index is -2.91. The third kappa shape index (κ3) is 5.83. The van der Waals surface area contributed by atoms with Gasteiger partial charge < -0.3 is 24.8 Å². The summed E-state index contributed by atoms with van der Waals surface area (Å²) in [5, 5.41) is 6.96. The quantitative estimate of drug-likeness (QED) is 0.259. The number of nitrogens with one attached hydrogen (secondary N) is 2. The van der Waals surface area contributed by atoms with Gasteiger partial charge in [0, 0.05) is 11.7 Å². The van der Waals surface area contributed by atoms with Crippen molar-refractivity contribution >= 4 is 47.2 Å². The third-order valence-electron chi connectivity index (χ3n) is 7.44. The number of benzene rings is 2. The van der Waals surface area contributed by atoms with Gasteiger partial charge in [-0.2, -0.15) is 4.98 Å². The van der Waals surface area contributed by atoms with Gasteiger partial charge in [-0.1, -0.05) is 17.7 Å². The van der Waals surface area contributed by atoms with Crippen LogP contribution in [0.2, 0.25) is 5.02 Å². The summed E-state index contributed by atoms with van der Waals surface area (Å²) in [7, 11) is -1.56. The molecule has 0 saturated carbocycles. The van der Waals surface area contributed by atoms with Crippen molar-refractivity contribution in [3.63, 3.8) is 0 Å². The largest absolute Gasteiger partial charge is 0.493 e. The molecular weight excluding hydrogens is 524 g/mol. The second-order valence-corrected chi connectivity index (χ2v) is 14.0. The number of hydrogen-bond acceptors (Lipinski definition) is 7. The fourth-order valence-corrected chi connectivity index (χ4v) is 7.12. The van der Waals surface area contributed by atoms with E-state index in [1.165, 1.54) is 75.3 Å². The first-order valence-electron chi connectivity index (χ1n) is 13.1. The van der Waals surface area contributed by atoms with Crippen LogP contribution in [0.3, 0.4) is 0 Å². The number of rotatable bonds is 7. The Hall–Kier alpha value is -2.67. The molecule has 1 atom stereocenters. The maximum atomic E-state index is 14.4. The van der Waals surface area contributed by atoms with Crippen LogP contribution in [-0.2, 0) is 17.4 Å². The van der Waals surface area contributed by atoms with Crippen LogP contribution in [0.15, 0.2) is 36.5 Å². The van der Waals surface area contributed by atoms with Gasteiger partial charge >= 0.3 is 0 Å². The van der Waals surface area contributed by atoms with E-state index in [0.29, 0.717) is 23.5 Å². The highest BCUT2D eigenvalue weighted by Crippen LogP contribution is 2.43. The predicted octanol–water partition coefficient (Wildman–Crippen LogP) is 6.36. The lowest BCUT2D eigenvalue weighted by Gasteiger charge is -2.25. The van der Waals surface area contributed by atoms with Crippen LogP contribution in [-0.4, -0.2) is 54.4 Å². The minimum Gasteiger partial charge on any atom is -0.493 e. The molecule has 1 aromatic heterocycles. The second kappa shape index (κ2) is 11.2. The van der Waals surface area contributed by atoms with Gasteiger partial charge in [-0.25, -0.2) is 9.37 Å². The molecule has 38 heavy (non-hydrogen) atoms. The number of methoxy groups -OCH3 is 1. The summed E-state index contributed by atoms with van der Waals surface area (Å²) in [5.74, 6) is 0.0508. The number of aromatic nitrogens is 2. The average Bonchev–Trinajstić information content (AvgIpc) is 3.33. The highest BCUT2D eigenvalue weighted by atomic mass is 35.5. The molecule has 0 bridgehead atoms. The van der Waals surface area contributed by atoms with Crippen LogP contribution in [0.5, 0.6) is 5.75 Å². The van der Waals surface area contributed by atoms with Crippen molar-refractivity contribution in [3.8, 4) is 5.75 Å².